The fraction of sp³-hybridized carbons (Fsp3) is 0.500. The molecule has 0 spiro atoms. The molecule has 29 heavy (non-hydrogen) atoms. The quantitative estimate of drug-likeness (QED) is 0.437. The van der Waals surface area contributed by atoms with Crippen LogP contribution >= 0.6 is 0 Å². The van der Waals surface area contributed by atoms with Crippen molar-refractivity contribution in [2.24, 2.45) is 5.73 Å². The molecule has 1 aliphatic heterocycles. The van der Waals surface area contributed by atoms with Crippen LogP contribution in [0.2, 0.25) is 0 Å². The molecule has 0 bridgehead atoms. The fourth-order valence-electron chi connectivity index (χ4n) is 2.72. The number of aliphatic hydroxyl groups excluding tert-OH is 1. The van der Waals surface area contributed by atoms with E-state index in [1.54, 1.807) is 0 Å². The number of carboxylic acid groups (broad SMARTS) is 1. The molecule has 1 aliphatic rings. The lowest BCUT2D eigenvalue weighted by Crippen LogP contribution is -2.42. The maximum atomic E-state index is 12.3. The summed E-state index contributed by atoms with van der Waals surface area (Å²) in [5.74, 6) is -1.44. The molecule has 160 valence electrons. The van der Waals surface area contributed by atoms with Gasteiger partial charge in [0.05, 0.1) is 11.8 Å². The number of hydrogen-bond donors (Lipinski definition) is 4. The predicted octanol–water partition coefficient (Wildman–Crippen LogP) is 1.30. The number of rotatable bonds is 9. The van der Waals surface area contributed by atoms with Crippen LogP contribution in [0.3, 0.4) is 0 Å². The predicted molar refractivity (Wildman–Crippen MR) is 96.8 cm³/mol. The molecule has 1 aromatic carbocycles. The second kappa shape index (κ2) is 10.7. The second-order valence-electron chi connectivity index (χ2n) is 6.43. The van der Waals surface area contributed by atoms with Crippen molar-refractivity contribution in [2.45, 2.75) is 50.8 Å². The highest BCUT2D eigenvalue weighted by atomic mass is 19.1. The average Bonchev–Trinajstić information content (AvgIpc) is 2.66. The summed E-state index contributed by atoms with van der Waals surface area (Å²) in [5, 5.41) is 21.6. The highest BCUT2D eigenvalue weighted by Crippen LogP contribution is 2.30. The van der Waals surface area contributed by atoms with Crippen LogP contribution in [0.15, 0.2) is 18.2 Å². The Kier molecular flexibility index (Phi) is 8.31. The van der Waals surface area contributed by atoms with Gasteiger partial charge in [-0.3, -0.25) is 4.79 Å². The van der Waals surface area contributed by atoms with Crippen LogP contribution in [0.4, 0.5) is 14.9 Å². The van der Waals surface area contributed by atoms with Crippen LogP contribution in [0.25, 0.3) is 0 Å². The van der Waals surface area contributed by atoms with Crippen molar-refractivity contribution in [1.82, 2.24) is 0 Å². The van der Waals surface area contributed by atoms with Crippen LogP contribution in [0, 0.1) is 0 Å². The number of hydrogen-bond acceptors (Lipinski definition) is 8. The molecule has 0 aliphatic carbocycles. The van der Waals surface area contributed by atoms with Gasteiger partial charge in [0.2, 0.25) is 12.2 Å². The number of benzene rings is 1. The first-order valence-electron chi connectivity index (χ1n) is 8.96. The number of carbonyl (C=O) groups excluding carboxylic acids is 2. The van der Waals surface area contributed by atoms with Gasteiger partial charge in [0, 0.05) is 19.3 Å². The standard InChI is InChI=1S/C18H23FN2O8/c19-18(26)27-9-10-3-4-13(12(6-10)21-15(23)2-1-5-20)28-16-8-11(22)7-14(29-16)17(24)25/h3-4,6,11,14,16,22H,1-2,5,7-9,20H2,(H,21,23)(H,24,25). The van der Waals surface area contributed by atoms with Gasteiger partial charge in [-0.05, 0) is 30.7 Å². The van der Waals surface area contributed by atoms with E-state index in [9.17, 15) is 23.9 Å². The topological polar surface area (TPSA) is 157 Å². The Balaban J connectivity index is 2.18. The molecule has 3 atom stereocenters. The number of carboxylic acids is 1. The third kappa shape index (κ3) is 7.29. The van der Waals surface area contributed by atoms with E-state index in [1.807, 2.05) is 0 Å². The number of halogens is 1. The lowest BCUT2D eigenvalue weighted by molar-refractivity contribution is -0.195. The Labute approximate surface area is 165 Å². The van der Waals surface area contributed by atoms with Crippen LogP contribution in [0.1, 0.15) is 31.2 Å². The van der Waals surface area contributed by atoms with E-state index in [0.717, 1.165) is 0 Å². The summed E-state index contributed by atoms with van der Waals surface area (Å²) in [6, 6.07) is 4.33. The molecule has 1 saturated heterocycles. The highest BCUT2D eigenvalue weighted by Gasteiger charge is 2.34. The molecule has 1 aromatic rings. The molecule has 0 saturated carbocycles. The van der Waals surface area contributed by atoms with Crippen molar-refractivity contribution >= 4 is 23.8 Å². The van der Waals surface area contributed by atoms with E-state index in [0.29, 0.717) is 18.5 Å². The van der Waals surface area contributed by atoms with E-state index in [-0.39, 0.29) is 43.2 Å². The van der Waals surface area contributed by atoms with Crippen LogP contribution < -0.4 is 15.8 Å². The first-order valence-corrected chi connectivity index (χ1v) is 8.96. The normalized spacial score (nSPS) is 21.3. The number of aliphatic carboxylic acids is 1. The van der Waals surface area contributed by atoms with Gasteiger partial charge in [0.1, 0.15) is 12.4 Å². The number of anilines is 1. The van der Waals surface area contributed by atoms with Gasteiger partial charge >= 0.3 is 12.2 Å². The number of nitrogens with two attached hydrogens (primary N) is 1. The minimum Gasteiger partial charge on any atom is -0.479 e. The molecule has 11 heteroatoms. The second-order valence-corrected chi connectivity index (χ2v) is 6.43. The summed E-state index contributed by atoms with van der Waals surface area (Å²) < 4.78 is 27.6. The molecule has 0 radical (unpaired) electrons. The zero-order valence-corrected chi connectivity index (χ0v) is 15.5. The molecule has 1 amide bonds. The molecule has 1 heterocycles. The number of aliphatic hydroxyl groups is 1. The van der Waals surface area contributed by atoms with Crippen molar-refractivity contribution in [1.29, 1.82) is 0 Å². The minimum atomic E-state index is -1.94. The van der Waals surface area contributed by atoms with Crippen molar-refractivity contribution in [2.75, 3.05) is 11.9 Å². The third-order valence-corrected chi connectivity index (χ3v) is 4.08. The van der Waals surface area contributed by atoms with Gasteiger partial charge in [-0.25, -0.2) is 9.59 Å². The molecule has 5 N–H and O–H groups in total. The monoisotopic (exact) mass is 414 g/mol. The fourth-order valence-corrected chi connectivity index (χ4v) is 2.72. The zero-order valence-electron chi connectivity index (χ0n) is 15.5. The molecule has 2 rings (SSSR count). The summed E-state index contributed by atoms with van der Waals surface area (Å²) in [7, 11) is 0. The number of carbonyl (C=O) groups is 3. The summed E-state index contributed by atoms with van der Waals surface area (Å²) in [6.07, 6.45) is -4.58. The minimum absolute atomic E-state index is 0.0333. The summed E-state index contributed by atoms with van der Waals surface area (Å²) in [4.78, 5) is 33.6. The Morgan fingerprint density at radius 2 is 2.07 bits per heavy atom. The smallest absolute Gasteiger partial charge is 0.479 e. The van der Waals surface area contributed by atoms with Crippen LogP contribution in [-0.4, -0.2) is 53.4 Å². The molecule has 1 fully saturated rings. The first kappa shape index (κ1) is 22.5. The third-order valence-electron chi connectivity index (χ3n) is 4.08. The summed E-state index contributed by atoms with van der Waals surface area (Å²) in [6.45, 7) is -0.0331. The van der Waals surface area contributed by atoms with Gasteiger partial charge in [-0.15, -0.1) is 4.39 Å². The Morgan fingerprint density at radius 1 is 1.31 bits per heavy atom. The van der Waals surface area contributed by atoms with Crippen molar-refractivity contribution in [3.8, 4) is 5.75 Å². The molecular formula is C18H23FN2O8. The summed E-state index contributed by atoms with van der Waals surface area (Å²) in [5.41, 5.74) is 5.96. The van der Waals surface area contributed by atoms with E-state index < -0.39 is 30.7 Å². The lowest BCUT2D eigenvalue weighted by Gasteiger charge is -2.31. The van der Waals surface area contributed by atoms with Gasteiger partial charge in [0.25, 0.3) is 0 Å². The van der Waals surface area contributed by atoms with E-state index in [4.69, 9.17) is 20.3 Å². The van der Waals surface area contributed by atoms with E-state index in [2.05, 4.69) is 10.1 Å². The Morgan fingerprint density at radius 3 is 2.72 bits per heavy atom. The number of ether oxygens (including phenoxy) is 3. The van der Waals surface area contributed by atoms with Crippen molar-refractivity contribution < 1.29 is 43.2 Å². The first-order chi connectivity index (χ1) is 13.8. The lowest BCUT2D eigenvalue weighted by atomic mass is 10.1. The Bertz CT molecular complexity index is 745. The number of amides is 1. The van der Waals surface area contributed by atoms with E-state index >= 15 is 0 Å². The molecule has 3 unspecified atom stereocenters. The zero-order chi connectivity index (χ0) is 21.4. The largest absolute Gasteiger partial charge is 0.495 e. The number of nitrogens with one attached hydrogen (secondary N) is 1. The average molecular weight is 414 g/mol. The van der Waals surface area contributed by atoms with Gasteiger partial charge < -0.3 is 35.5 Å². The Hall–Kier alpha value is -2.76. The highest BCUT2D eigenvalue weighted by molar-refractivity contribution is 5.92. The van der Waals surface area contributed by atoms with Crippen molar-refractivity contribution in [3.63, 3.8) is 0 Å². The summed E-state index contributed by atoms with van der Waals surface area (Å²) >= 11 is 0. The van der Waals surface area contributed by atoms with Crippen LogP contribution in [-0.2, 0) is 25.7 Å². The molecular weight excluding hydrogens is 391 g/mol. The van der Waals surface area contributed by atoms with Gasteiger partial charge in [0.15, 0.2) is 6.10 Å². The maximum absolute atomic E-state index is 12.3. The van der Waals surface area contributed by atoms with Crippen molar-refractivity contribution in [3.05, 3.63) is 23.8 Å². The van der Waals surface area contributed by atoms with Gasteiger partial charge in [-0.2, -0.15) is 0 Å². The van der Waals surface area contributed by atoms with Crippen LogP contribution in [0.5, 0.6) is 5.75 Å². The SMILES string of the molecule is NCCCC(=O)Nc1cc(COC(=O)F)ccc1OC1CC(O)CC(C(=O)O)O1. The molecule has 0 aromatic heterocycles. The van der Waals surface area contributed by atoms with Gasteiger partial charge in [-0.1, -0.05) is 6.07 Å². The van der Waals surface area contributed by atoms with E-state index in [1.165, 1.54) is 18.2 Å². The maximum Gasteiger partial charge on any atom is 0.495 e. The molecule has 10 nitrogen and oxygen atoms in total.